The Bertz CT molecular complexity index is 1200. The second-order valence-corrected chi connectivity index (χ2v) is 22.3. The summed E-state index contributed by atoms with van der Waals surface area (Å²) in [4.78, 5) is 21.8. The van der Waals surface area contributed by atoms with Crippen molar-refractivity contribution in [3.05, 3.63) is 18.6 Å². The third kappa shape index (κ3) is 5.32. The first-order chi connectivity index (χ1) is 18.5. The molecule has 2 aliphatic rings. The van der Waals surface area contributed by atoms with Gasteiger partial charge in [0, 0.05) is 11.6 Å². The van der Waals surface area contributed by atoms with Gasteiger partial charge in [0.1, 0.15) is 23.8 Å². The molecule has 0 aliphatic carbocycles. The lowest BCUT2D eigenvalue weighted by Gasteiger charge is -2.51. The van der Waals surface area contributed by atoms with Gasteiger partial charge < -0.3 is 28.1 Å². The molecule has 4 atom stereocenters. The first-order valence-electron chi connectivity index (χ1n) is 14.5. The summed E-state index contributed by atoms with van der Waals surface area (Å²) in [6.45, 7) is 23.2. The molecule has 4 rings (SSSR count). The minimum absolute atomic E-state index is 0.123. The fourth-order valence-electron chi connectivity index (χ4n) is 5.90. The largest absolute Gasteiger partial charge is 0.414 e. The first-order valence-corrected chi connectivity index (χ1v) is 18.5. The number of ether oxygens (including phenoxy) is 1. The number of amides is 1. The zero-order chi connectivity index (χ0) is 29.8. The first kappa shape index (κ1) is 31.3. The minimum Gasteiger partial charge on any atom is -0.414 e. The van der Waals surface area contributed by atoms with E-state index in [1.54, 1.807) is 23.2 Å². The van der Waals surface area contributed by atoms with Gasteiger partial charge in [-0.05, 0) is 28.2 Å². The van der Waals surface area contributed by atoms with Crippen molar-refractivity contribution in [3.8, 4) is 0 Å². The van der Waals surface area contributed by atoms with Gasteiger partial charge in [-0.25, -0.2) is 9.97 Å². The van der Waals surface area contributed by atoms with Gasteiger partial charge >= 0.3 is 17.1 Å². The van der Waals surface area contributed by atoms with Crippen molar-refractivity contribution in [2.45, 2.75) is 123 Å². The van der Waals surface area contributed by atoms with Crippen molar-refractivity contribution in [3.63, 3.8) is 0 Å². The van der Waals surface area contributed by atoms with Crippen LogP contribution in [0, 0.1) is 5.41 Å². The molecule has 0 aromatic carbocycles. The van der Waals surface area contributed by atoms with Gasteiger partial charge in [-0.3, -0.25) is 9.36 Å². The lowest BCUT2D eigenvalue weighted by Crippen LogP contribution is -2.65. The van der Waals surface area contributed by atoms with Crippen molar-refractivity contribution in [1.82, 2.24) is 14.5 Å². The number of nitrogens with zero attached hydrogens (tertiary/aromatic N) is 3. The molecular weight excluding hydrogens is 545 g/mol. The molecule has 12 heteroatoms. The van der Waals surface area contributed by atoms with Crippen LogP contribution in [0.25, 0.3) is 11.2 Å². The quantitative estimate of drug-likeness (QED) is 0.415. The zero-order valence-corrected chi connectivity index (χ0v) is 27.9. The molecule has 0 radical (unpaired) electrons. The molecule has 2 saturated heterocycles. The molecule has 40 heavy (non-hydrogen) atoms. The summed E-state index contributed by atoms with van der Waals surface area (Å²) in [7, 11) is -5.64. The van der Waals surface area contributed by atoms with Gasteiger partial charge in [-0.15, -0.1) is 0 Å². The van der Waals surface area contributed by atoms with E-state index in [9.17, 15) is 9.90 Å². The predicted octanol–water partition coefficient (Wildman–Crippen LogP) is 5.63. The molecule has 2 aromatic rings. The topological polar surface area (TPSA) is 117 Å². The molecule has 0 unspecified atom stereocenters. The van der Waals surface area contributed by atoms with Crippen LogP contribution in [-0.4, -0.2) is 67.6 Å². The standard InChI is InChI=1S/C28H48N4O6Si2/c1-16(2)39(17(3)4)35-14-21-24(37-40(38-39,18(5)6)19(7)8)23(33)26(36-21)32-15-30-22-20(12-13-29-25(22)32)31-27(34)28(9,10)11/h12-13,15-19,21,23-24,26,33H,14H2,1-11H3,(H,29,31,34)/t21-,23-,24-,26-/m1/s1. The summed E-state index contributed by atoms with van der Waals surface area (Å²) in [6, 6.07) is 1.73. The van der Waals surface area contributed by atoms with Gasteiger partial charge in [0.2, 0.25) is 5.91 Å². The lowest BCUT2D eigenvalue weighted by molar-refractivity contribution is -0.123. The highest BCUT2D eigenvalue weighted by molar-refractivity contribution is 6.84. The molecule has 10 nitrogen and oxygen atoms in total. The van der Waals surface area contributed by atoms with E-state index < -0.39 is 47.1 Å². The molecule has 4 heterocycles. The van der Waals surface area contributed by atoms with Gasteiger partial charge in [0.15, 0.2) is 11.9 Å². The van der Waals surface area contributed by atoms with Crippen LogP contribution < -0.4 is 5.32 Å². The summed E-state index contributed by atoms with van der Waals surface area (Å²) in [5, 5.41) is 14.7. The molecule has 2 aliphatic heterocycles. The second kappa shape index (κ2) is 11.2. The van der Waals surface area contributed by atoms with E-state index in [-0.39, 0.29) is 34.7 Å². The average Bonchev–Trinajstić information content (AvgIpc) is 3.39. The van der Waals surface area contributed by atoms with Crippen LogP contribution >= 0.6 is 0 Å². The average molecular weight is 593 g/mol. The van der Waals surface area contributed by atoms with Crippen molar-refractivity contribution in [1.29, 1.82) is 0 Å². The molecule has 0 bridgehead atoms. The van der Waals surface area contributed by atoms with E-state index in [4.69, 9.17) is 17.7 Å². The third-order valence-corrected chi connectivity index (χ3v) is 18.6. The van der Waals surface area contributed by atoms with Gasteiger partial charge in [0.05, 0.1) is 18.6 Å². The molecule has 0 saturated carbocycles. The number of fused-ring (bicyclic) bond motifs is 2. The summed E-state index contributed by atoms with van der Waals surface area (Å²) >= 11 is 0. The Hall–Kier alpha value is -1.68. The van der Waals surface area contributed by atoms with Crippen LogP contribution in [0.2, 0.25) is 22.2 Å². The van der Waals surface area contributed by atoms with E-state index in [2.05, 4.69) is 70.7 Å². The number of hydrogen-bond donors (Lipinski definition) is 2. The van der Waals surface area contributed by atoms with E-state index in [0.29, 0.717) is 16.9 Å². The van der Waals surface area contributed by atoms with Crippen molar-refractivity contribution < 1.29 is 27.6 Å². The summed E-state index contributed by atoms with van der Waals surface area (Å²) < 4.78 is 29.3. The molecule has 2 fully saturated rings. The number of carbonyl (C=O) groups excluding carboxylic acids is 1. The highest BCUT2D eigenvalue weighted by Gasteiger charge is 2.61. The molecule has 224 valence electrons. The number of aliphatic hydroxyl groups excluding tert-OH is 1. The maximum Gasteiger partial charge on any atom is 0.335 e. The number of hydrogen-bond acceptors (Lipinski definition) is 8. The summed E-state index contributed by atoms with van der Waals surface area (Å²) in [6.07, 6.45) is 0.319. The molecule has 2 N–H and O–H groups in total. The number of carbonyl (C=O) groups is 1. The van der Waals surface area contributed by atoms with Crippen LogP contribution in [0.1, 0.15) is 82.4 Å². The van der Waals surface area contributed by atoms with Crippen molar-refractivity contribution in [2.75, 3.05) is 11.9 Å². The van der Waals surface area contributed by atoms with Crippen molar-refractivity contribution in [2.24, 2.45) is 5.41 Å². The number of pyridine rings is 1. The van der Waals surface area contributed by atoms with Crippen LogP contribution in [0.3, 0.4) is 0 Å². The Morgan fingerprint density at radius 3 is 2.17 bits per heavy atom. The summed E-state index contributed by atoms with van der Waals surface area (Å²) in [5.41, 5.74) is 1.72. The number of aliphatic hydroxyl groups is 1. The third-order valence-electron chi connectivity index (χ3n) is 8.31. The minimum atomic E-state index is -2.91. The number of anilines is 1. The van der Waals surface area contributed by atoms with Crippen LogP contribution in [-0.2, 0) is 22.5 Å². The van der Waals surface area contributed by atoms with E-state index in [1.807, 2.05) is 20.8 Å². The number of aromatic nitrogens is 3. The lowest BCUT2D eigenvalue weighted by atomic mass is 9.95. The Labute approximate surface area is 240 Å². The smallest absolute Gasteiger partial charge is 0.335 e. The monoisotopic (exact) mass is 592 g/mol. The molecule has 1 amide bonds. The second-order valence-electron chi connectivity index (χ2n) is 13.5. The van der Waals surface area contributed by atoms with E-state index >= 15 is 0 Å². The van der Waals surface area contributed by atoms with Gasteiger partial charge in [-0.2, -0.15) is 0 Å². The fraction of sp³-hybridized carbons (Fsp3) is 0.750. The van der Waals surface area contributed by atoms with E-state index in [0.717, 1.165) is 0 Å². The maximum atomic E-state index is 12.7. The molecular formula is C28H48N4O6Si2. The SMILES string of the molecule is CC(C)[Si]1(C(C)C)OC[C@H]2O[C@@H](n3cnc4c(NC(=O)C(C)(C)C)ccnc43)[C@H](O)[C@@H]2O[Si](C(C)C)(C(C)C)O1. The molecule has 0 spiro atoms. The normalized spacial score (nSPS) is 26.9. The Morgan fingerprint density at radius 1 is 1.02 bits per heavy atom. The van der Waals surface area contributed by atoms with Crippen LogP contribution in [0.4, 0.5) is 5.69 Å². The fourth-order valence-corrected chi connectivity index (χ4v) is 17.1. The maximum absolute atomic E-state index is 12.7. The Morgan fingerprint density at radius 2 is 1.62 bits per heavy atom. The molecule has 2 aromatic heterocycles. The highest BCUT2D eigenvalue weighted by Crippen LogP contribution is 2.48. The number of imidazole rings is 1. The Balaban J connectivity index is 1.73. The van der Waals surface area contributed by atoms with Gasteiger partial charge in [0.25, 0.3) is 0 Å². The Kier molecular flexibility index (Phi) is 8.75. The highest BCUT2D eigenvalue weighted by atomic mass is 28.5. The van der Waals surface area contributed by atoms with Crippen LogP contribution in [0.5, 0.6) is 0 Å². The zero-order valence-electron chi connectivity index (χ0n) is 25.9. The predicted molar refractivity (Wildman–Crippen MR) is 159 cm³/mol. The summed E-state index contributed by atoms with van der Waals surface area (Å²) in [5.74, 6) is -0.123. The number of rotatable bonds is 6. The van der Waals surface area contributed by atoms with E-state index in [1.165, 1.54) is 0 Å². The van der Waals surface area contributed by atoms with Crippen molar-refractivity contribution >= 4 is 39.9 Å². The number of nitrogens with one attached hydrogen (secondary N) is 1. The van der Waals surface area contributed by atoms with Crippen LogP contribution in [0.15, 0.2) is 18.6 Å². The van der Waals surface area contributed by atoms with Gasteiger partial charge in [-0.1, -0.05) is 76.2 Å².